The highest BCUT2D eigenvalue weighted by Crippen LogP contribution is 2.39. The van der Waals surface area contributed by atoms with Gasteiger partial charge in [-0.3, -0.25) is 14.5 Å². The maximum atomic E-state index is 12.8. The number of carbonyl (C=O) groups is 2. The van der Waals surface area contributed by atoms with Crippen molar-refractivity contribution in [2.24, 2.45) is 0 Å². The van der Waals surface area contributed by atoms with Crippen LogP contribution in [0, 0.1) is 0 Å². The van der Waals surface area contributed by atoms with Crippen LogP contribution in [0.15, 0.2) is 72.8 Å². The summed E-state index contributed by atoms with van der Waals surface area (Å²) >= 11 is 0. The van der Waals surface area contributed by atoms with E-state index < -0.39 is 6.29 Å². The van der Waals surface area contributed by atoms with Gasteiger partial charge in [-0.25, -0.2) is 0 Å². The Bertz CT molecular complexity index is 1450. The maximum Gasteiger partial charge on any atom is 0.224 e. The number of nitrogens with two attached hydrogens (primary N) is 1. The van der Waals surface area contributed by atoms with Crippen molar-refractivity contribution in [3.8, 4) is 0 Å². The molecule has 2 saturated heterocycles. The van der Waals surface area contributed by atoms with E-state index in [1.54, 1.807) is 12.1 Å². The molecule has 0 spiro atoms. The standard InChI is InChI=1S/C37H48N4O6/c38-32-12-5-6-13-33(32)40-36(45)15-4-2-1-3-14-35(44)39-29-10-7-9-28(21-29)37-46-31(23-41-20-8-11-30(41)25-43)22-34(47-37)27-18-16-26(24-42)17-19-27/h5-7,9-10,12-13,16-19,21,30-31,34,37,42-43H,1-4,8,11,14-15,20,22-25,38H2,(H,39,44)(H,40,45)/t30-,31-,34+,37+/m0/s1. The van der Waals surface area contributed by atoms with Gasteiger partial charge in [0.25, 0.3) is 0 Å². The molecule has 2 heterocycles. The van der Waals surface area contributed by atoms with Crippen LogP contribution in [-0.2, 0) is 25.7 Å². The van der Waals surface area contributed by atoms with E-state index in [1.165, 1.54) is 0 Å². The van der Waals surface area contributed by atoms with Gasteiger partial charge >= 0.3 is 0 Å². The molecule has 4 atom stereocenters. The number of aliphatic hydroxyl groups is 2. The molecule has 0 saturated carbocycles. The fourth-order valence-electron chi connectivity index (χ4n) is 6.37. The van der Waals surface area contributed by atoms with E-state index in [0.717, 1.165) is 61.8 Å². The number of para-hydroxylation sites is 2. The molecule has 0 aromatic heterocycles. The summed E-state index contributed by atoms with van der Waals surface area (Å²) in [6, 6.07) is 22.8. The minimum atomic E-state index is -0.626. The number of ether oxygens (including phenoxy) is 2. The van der Waals surface area contributed by atoms with Gasteiger partial charge in [0.2, 0.25) is 11.8 Å². The van der Waals surface area contributed by atoms with Crippen LogP contribution in [0.5, 0.6) is 0 Å². The van der Waals surface area contributed by atoms with Crippen LogP contribution in [0.3, 0.4) is 0 Å². The third kappa shape index (κ3) is 10.1. The Kier molecular flexibility index (Phi) is 12.8. The highest BCUT2D eigenvalue weighted by atomic mass is 16.7. The van der Waals surface area contributed by atoms with Gasteiger partial charge in [0.05, 0.1) is 36.8 Å². The average molecular weight is 645 g/mol. The molecule has 0 unspecified atom stereocenters. The van der Waals surface area contributed by atoms with Gasteiger partial charge in [0.1, 0.15) is 0 Å². The number of aliphatic hydroxyl groups excluding tert-OH is 2. The Morgan fingerprint density at radius 2 is 1.60 bits per heavy atom. The predicted molar refractivity (Wildman–Crippen MR) is 182 cm³/mol. The third-order valence-corrected chi connectivity index (χ3v) is 9.00. The highest BCUT2D eigenvalue weighted by molar-refractivity contribution is 5.93. The van der Waals surface area contributed by atoms with Crippen molar-refractivity contribution < 1.29 is 29.3 Å². The van der Waals surface area contributed by atoms with Crippen molar-refractivity contribution in [3.05, 3.63) is 89.5 Å². The van der Waals surface area contributed by atoms with E-state index in [1.807, 2.05) is 60.7 Å². The van der Waals surface area contributed by atoms with Gasteiger partial charge in [0, 0.05) is 43.1 Å². The molecule has 10 heteroatoms. The number of likely N-dealkylation sites (tertiary alicyclic amines) is 1. The third-order valence-electron chi connectivity index (χ3n) is 9.00. The second-order valence-electron chi connectivity index (χ2n) is 12.5. The van der Waals surface area contributed by atoms with Crippen LogP contribution < -0.4 is 16.4 Å². The quantitative estimate of drug-likeness (QED) is 0.105. The normalized spacial score (nSPS) is 21.4. The van der Waals surface area contributed by atoms with E-state index in [2.05, 4.69) is 15.5 Å². The van der Waals surface area contributed by atoms with Gasteiger partial charge in [-0.1, -0.05) is 61.4 Å². The number of nitrogen functional groups attached to an aromatic ring is 1. The molecule has 2 aliphatic rings. The molecule has 3 aromatic carbocycles. The molecule has 47 heavy (non-hydrogen) atoms. The number of unbranched alkanes of at least 4 members (excludes halogenated alkanes) is 3. The number of carbonyl (C=O) groups excluding carboxylic acids is 2. The Labute approximate surface area is 277 Å². The van der Waals surface area contributed by atoms with Crippen LogP contribution >= 0.6 is 0 Å². The molecular weight excluding hydrogens is 596 g/mol. The van der Waals surface area contributed by atoms with Crippen molar-refractivity contribution in [1.29, 1.82) is 0 Å². The summed E-state index contributed by atoms with van der Waals surface area (Å²) in [4.78, 5) is 27.3. The number of amides is 2. The van der Waals surface area contributed by atoms with Gasteiger partial charge < -0.3 is 36.1 Å². The first-order valence-corrected chi connectivity index (χ1v) is 16.8. The number of benzene rings is 3. The molecule has 5 rings (SSSR count). The number of nitrogens with zero attached hydrogens (tertiary/aromatic N) is 1. The van der Waals surface area contributed by atoms with Gasteiger partial charge in [-0.05, 0) is 67.6 Å². The first-order chi connectivity index (χ1) is 22.9. The Morgan fingerprint density at radius 3 is 2.32 bits per heavy atom. The lowest BCUT2D eigenvalue weighted by molar-refractivity contribution is -0.253. The molecule has 3 aromatic rings. The maximum absolute atomic E-state index is 12.8. The van der Waals surface area contributed by atoms with Crippen molar-refractivity contribution in [1.82, 2.24) is 4.90 Å². The molecule has 252 valence electrons. The summed E-state index contributed by atoms with van der Waals surface area (Å²) in [6.07, 6.45) is 5.78. The molecule has 2 aliphatic heterocycles. The zero-order chi connectivity index (χ0) is 33.0. The Balaban J connectivity index is 1.12. The minimum Gasteiger partial charge on any atom is -0.397 e. The Hall–Kier alpha value is -3.80. The lowest BCUT2D eigenvalue weighted by atomic mass is 9.99. The van der Waals surface area contributed by atoms with Gasteiger partial charge in [0.15, 0.2) is 6.29 Å². The number of hydrogen-bond donors (Lipinski definition) is 5. The molecule has 10 nitrogen and oxygen atoms in total. The van der Waals surface area contributed by atoms with Crippen LogP contribution in [0.1, 0.15) is 86.9 Å². The largest absolute Gasteiger partial charge is 0.397 e. The zero-order valence-electron chi connectivity index (χ0n) is 27.0. The van der Waals surface area contributed by atoms with Gasteiger partial charge in [-0.2, -0.15) is 0 Å². The van der Waals surface area contributed by atoms with Crippen LogP contribution in [0.2, 0.25) is 0 Å². The first-order valence-electron chi connectivity index (χ1n) is 16.8. The van der Waals surface area contributed by atoms with Gasteiger partial charge in [-0.15, -0.1) is 0 Å². The second kappa shape index (κ2) is 17.4. The van der Waals surface area contributed by atoms with Crippen molar-refractivity contribution in [3.63, 3.8) is 0 Å². The molecule has 6 N–H and O–H groups in total. The topological polar surface area (TPSA) is 146 Å². The number of rotatable bonds is 15. The second-order valence-corrected chi connectivity index (χ2v) is 12.5. The summed E-state index contributed by atoms with van der Waals surface area (Å²) in [7, 11) is 0. The zero-order valence-corrected chi connectivity index (χ0v) is 27.0. The molecule has 2 fully saturated rings. The average Bonchev–Trinajstić information content (AvgIpc) is 3.54. The van der Waals surface area contributed by atoms with E-state index in [9.17, 15) is 19.8 Å². The summed E-state index contributed by atoms with van der Waals surface area (Å²) in [5.41, 5.74) is 10.4. The summed E-state index contributed by atoms with van der Waals surface area (Å²) in [5, 5.41) is 25.2. The van der Waals surface area contributed by atoms with Crippen LogP contribution in [-0.4, -0.2) is 58.8 Å². The van der Waals surface area contributed by atoms with Crippen LogP contribution in [0.25, 0.3) is 0 Å². The molecular formula is C37H48N4O6. The van der Waals surface area contributed by atoms with Crippen molar-refractivity contribution in [2.45, 2.75) is 88.9 Å². The fourth-order valence-corrected chi connectivity index (χ4v) is 6.37. The lowest BCUT2D eigenvalue weighted by Crippen LogP contribution is -2.42. The fraction of sp³-hybridized carbons (Fsp3) is 0.459. The number of hydrogen-bond acceptors (Lipinski definition) is 8. The Morgan fingerprint density at radius 1 is 0.851 bits per heavy atom. The number of anilines is 3. The monoisotopic (exact) mass is 644 g/mol. The van der Waals surface area contributed by atoms with E-state index in [4.69, 9.17) is 15.2 Å². The molecule has 2 amide bonds. The number of nitrogens with one attached hydrogen (secondary N) is 2. The van der Waals surface area contributed by atoms with Crippen LogP contribution in [0.4, 0.5) is 17.1 Å². The SMILES string of the molecule is Nc1ccccc1NC(=O)CCCCCCC(=O)Nc1cccc([C@@H]2O[C@H](CN3CCC[C@H]3CO)C[C@H](c3ccc(CO)cc3)O2)c1. The molecule has 0 aliphatic carbocycles. The molecule has 0 bridgehead atoms. The van der Waals surface area contributed by atoms with E-state index in [0.29, 0.717) is 42.9 Å². The molecule has 0 radical (unpaired) electrons. The predicted octanol–water partition coefficient (Wildman–Crippen LogP) is 5.68. The van der Waals surface area contributed by atoms with E-state index in [-0.39, 0.29) is 43.3 Å². The summed E-state index contributed by atoms with van der Waals surface area (Å²) in [6.45, 7) is 1.77. The summed E-state index contributed by atoms with van der Waals surface area (Å²) in [5.74, 6) is -0.122. The van der Waals surface area contributed by atoms with Crippen molar-refractivity contribution >= 4 is 28.9 Å². The van der Waals surface area contributed by atoms with Crippen molar-refractivity contribution in [2.75, 3.05) is 36.1 Å². The lowest BCUT2D eigenvalue weighted by Gasteiger charge is -2.38. The smallest absolute Gasteiger partial charge is 0.224 e. The van der Waals surface area contributed by atoms with E-state index >= 15 is 0 Å². The minimum absolute atomic E-state index is 0.0135. The highest BCUT2D eigenvalue weighted by Gasteiger charge is 2.35. The summed E-state index contributed by atoms with van der Waals surface area (Å²) < 4.78 is 13.0. The first kappa shape index (κ1) is 34.5.